The SMILES string of the molecule is NS(=O)(=O)c1ccccc1NC(=S)N=Nc1c(O)n(Cc2cccc3ccccc23)c2cc(Cl)ccc12. The summed E-state index contributed by atoms with van der Waals surface area (Å²) in [6, 6.07) is 25.3. The molecule has 4 N–H and O–H groups in total. The standard InChI is InChI=1S/C26H20ClN5O3S2/c27-18-12-13-20-22(14-18)32(15-17-8-5-7-16-6-1-2-9-19(16)17)25(33)24(20)30-31-26(36)29-21-10-3-4-11-23(21)37(28,34)35/h1-14,33H,15H2,(H,29,36)(H2,28,34,35). The average molecular weight is 550 g/mol. The summed E-state index contributed by atoms with van der Waals surface area (Å²) in [6.45, 7) is 0.365. The molecule has 0 amide bonds. The number of hydrogen-bond acceptors (Lipinski definition) is 5. The first-order valence-electron chi connectivity index (χ1n) is 11.0. The van der Waals surface area contributed by atoms with Gasteiger partial charge in [0, 0.05) is 10.4 Å². The minimum absolute atomic E-state index is 0.110. The molecule has 1 aromatic heterocycles. The van der Waals surface area contributed by atoms with Gasteiger partial charge in [0.1, 0.15) is 4.90 Å². The van der Waals surface area contributed by atoms with Gasteiger partial charge in [0.25, 0.3) is 0 Å². The third-order valence-electron chi connectivity index (χ3n) is 5.86. The second-order valence-corrected chi connectivity index (χ2v) is 10.6. The molecule has 8 nitrogen and oxygen atoms in total. The van der Waals surface area contributed by atoms with E-state index in [0.717, 1.165) is 16.3 Å². The van der Waals surface area contributed by atoms with Crippen LogP contribution in [-0.2, 0) is 16.6 Å². The molecule has 0 radical (unpaired) electrons. The van der Waals surface area contributed by atoms with Gasteiger partial charge in [-0.15, -0.1) is 10.2 Å². The summed E-state index contributed by atoms with van der Waals surface area (Å²) in [7, 11) is -3.98. The third kappa shape index (κ3) is 5.05. The lowest BCUT2D eigenvalue weighted by Crippen LogP contribution is -2.16. The molecule has 0 saturated carbocycles. The van der Waals surface area contributed by atoms with Crippen LogP contribution < -0.4 is 10.5 Å². The number of halogens is 1. The highest BCUT2D eigenvalue weighted by Gasteiger charge is 2.19. The number of benzene rings is 4. The number of para-hydroxylation sites is 1. The number of primary sulfonamides is 1. The van der Waals surface area contributed by atoms with Crippen LogP contribution in [0.1, 0.15) is 5.56 Å². The molecule has 5 aromatic rings. The van der Waals surface area contributed by atoms with Gasteiger partial charge >= 0.3 is 0 Å². The van der Waals surface area contributed by atoms with Gasteiger partial charge in [-0.1, -0.05) is 66.2 Å². The Morgan fingerprint density at radius 3 is 2.54 bits per heavy atom. The number of nitrogens with one attached hydrogen (secondary N) is 1. The molecule has 0 atom stereocenters. The van der Waals surface area contributed by atoms with Gasteiger partial charge in [0.15, 0.2) is 5.69 Å². The van der Waals surface area contributed by atoms with Crippen LogP contribution >= 0.6 is 23.8 Å². The predicted molar refractivity (Wildman–Crippen MR) is 150 cm³/mol. The van der Waals surface area contributed by atoms with Gasteiger partial charge in [-0.25, -0.2) is 13.6 Å². The van der Waals surface area contributed by atoms with Crippen LogP contribution in [0.25, 0.3) is 21.7 Å². The van der Waals surface area contributed by atoms with E-state index in [2.05, 4.69) is 15.5 Å². The molecule has 4 aromatic carbocycles. The molecule has 1 heterocycles. The number of nitrogens with two attached hydrogens (primary N) is 1. The zero-order valence-electron chi connectivity index (χ0n) is 19.2. The monoisotopic (exact) mass is 549 g/mol. The largest absolute Gasteiger partial charge is 0.493 e. The van der Waals surface area contributed by atoms with E-state index in [1.165, 1.54) is 12.1 Å². The van der Waals surface area contributed by atoms with Crippen LogP contribution in [0, 0.1) is 0 Å². The summed E-state index contributed by atoms with van der Waals surface area (Å²) >= 11 is 11.5. The topological polar surface area (TPSA) is 122 Å². The smallest absolute Gasteiger partial charge is 0.240 e. The van der Waals surface area contributed by atoms with Crippen molar-refractivity contribution in [2.75, 3.05) is 5.32 Å². The quantitative estimate of drug-likeness (QED) is 0.175. The molecule has 186 valence electrons. The first kappa shape index (κ1) is 24.8. The Hall–Kier alpha value is -3.83. The Kier molecular flexibility index (Phi) is 6.65. The zero-order chi connectivity index (χ0) is 26.2. The number of fused-ring (bicyclic) bond motifs is 2. The van der Waals surface area contributed by atoms with E-state index < -0.39 is 10.0 Å². The number of nitrogens with zero attached hydrogens (tertiary/aromatic N) is 3. The van der Waals surface area contributed by atoms with Gasteiger partial charge in [-0.05, 0) is 58.9 Å². The Morgan fingerprint density at radius 2 is 1.73 bits per heavy atom. The van der Waals surface area contributed by atoms with E-state index >= 15 is 0 Å². The first-order chi connectivity index (χ1) is 17.7. The van der Waals surface area contributed by atoms with Crippen molar-refractivity contribution in [2.45, 2.75) is 11.4 Å². The maximum Gasteiger partial charge on any atom is 0.240 e. The average Bonchev–Trinajstić information content (AvgIpc) is 3.12. The van der Waals surface area contributed by atoms with Crippen molar-refractivity contribution >= 4 is 72.0 Å². The molecule has 5 rings (SSSR count). The fourth-order valence-corrected chi connectivity index (χ4v) is 5.21. The van der Waals surface area contributed by atoms with E-state index in [1.54, 1.807) is 34.9 Å². The number of thiocarbonyl (C=S) groups is 1. The minimum Gasteiger partial charge on any atom is -0.493 e. The fourth-order valence-electron chi connectivity index (χ4n) is 4.20. The highest BCUT2D eigenvalue weighted by Crippen LogP contribution is 2.40. The molecular weight excluding hydrogens is 530 g/mol. The normalized spacial score (nSPS) is 11.9. The summed E-state index contributed by atoms with van der Waals surface area (Å²) in [6.07, 6.45) is 0. The molecule has 0 fully saturated rings. The van der Waals surface area contributed by atoms with Crippen molar-refractivity contribution in [1.29, 1.82) is 0 Å². The Balaban J connectivity index is 1.52. The van der Waals surface area contributed by atoms with Crippen LogP contribution in [0.3, 0.4) is 0 Å². The first-order valence-corrected chi connectivity index (χ1v) is 13.4. The predicted octanol–water partition coefficient (Wildman–Crippen LogP) is 6.33. The molecule has 37 heavy (non-hydrogen) atoms. The maximum absolute atomic E-state index is 11.9. The lowest BCUT2D eigenvalue weighted by Gasteiger charge is -2.10. The summed E-state index contributed by atoms with van der Waals surface area (Å²) in [5.41, 5.74) is 2.05. The van der Waals surface area contributed by atoms with E-state index in [-0.39, 0.29) is 27.3 Å². The van der Waals surface area contributed by atoms with E-state index in [9.17, 15) is 13.5 Å². The van der Waals surface area contributed by atoms with Gasteiger partial charge < -0.3 is 15.0 Å². The van der Waals surface area contributed by atoms with Crippen LogP contribution in [-0.4, -0.2) is 23.2 Å². The molecular formula is C26H20ClN5O3S2. The zero-order valence-corrected chi connectivity index (χ0v) is 21.6. The Morgan fingerprint density at radius 1 is 1.00 bits per heavy atom. The molecule has 0 bridgehead atoms. The van der Waals surface area contributed by atoms with Crippen LogP contribution in [0.15, 0.2) is 100 Å². The fraction of sp³-hybridized carbons (Fsp3) is 0.0385. The minimum atomic E-state index is -3.98. The van der Waals surface area contributed by atoms with Gasteiger partial charge in [0.2, 0.25) is 21.0 Å². The van der Waals surface area contributed by atoms with Gasteiger partial charge in [0.05, 0.1) is 17.7 Å². The summed E-state index contributed by atoms with van der Waals surface area (Å²) in [5, 5.41) is 30.6. The molecule has 0 aliphatic heterocycles. The molecule has 0 spiro atoms. The van der Waals surface area contributed by atoms with E-state index in [1.807, 2.05) is 42.5 Å². The molecule has 0 saturated heterocycles. The number of aromatic nitrogens is 1. The summed E-state index contributed by atoms with van der Waals surface area (Å²) in [4.78, 5) is -0.128. The van der Waals surface area contributed by atoms with E-state index in [4.69, 9.17) is 29.0 Å². The highest BCUT2D eigenvalue weighted by atomic mass is 35.5. The number of sulfonamides is 1. The van der Waals surface area contributed by atoms with Crippen molar-refractivity contribution in [3.63, 3.8) is 0 Å². The third-order valence-corrected chi connectivity index (χ3v) is 7.25. The highest BCUT2D eigenvalue weighted by molar-refractivity contribution is 7.89. The van der Waals surface area contributed by atoms with Crippen LogP contribution in [0.4, 0.5) is 11.4 Å². The Labute approximate surface area is 223 Å². The van der Waals surface area contributed by atoms with Crippen molar-refractivity contribution < 1.29 is 13.5 Å². The lowest BCUT2D eigenvalue weighted by atomic mass is 10.0. The molecule has 0 unspecified atom stereocenters. The number of aromatic hydroxyl groups is 1. The van der Waals surface area contributed by atoms with Crippen LogP contribution in [0.5, 0.6) is 5.88 Å². The summed E-state index contributed by atoms with van der Waals surface area (Å²) < 4.78 is 25.4. The molecule has 0 aliphatic carbocycles. The van der Waals surface area contributed by atoms with Gasteiger partial charge in [-0.3, -0.25) is 0 Å². The van der Waals surface area contributed by atoms with Gasteiger partial charge in [-0.2, -0.15) is 0 Å². The number of hydrogen-bond donors (Lipinski definition) is 3. The van der Waals surface area contributed by atoms with Crippen molar-refractivity contribution in [2.24, 2.45) is 15.4 Å². The molecule has 11 heteroatoms. The number of azo groups is 1. The number of anilines is 1. The van der Waals surface area contributed by atoms with E-state index in [0.29, 0.717) is 22.5 Å². The summed E-state index contributed by atoms with van der Waals surface area (Å²) in [5.74, 6) is -0.110. The number of rotatable bonds is 5. The van der Waals surface area contributed by atoms with Crippen molar-refractivity contribution in [3.8, 4) is 5.88 Å². The Bertz CT molecular complexity index is 1810. The maximum atomic E-state index is 11.9. The van der Waals surface area contributed by atoms with Crippen LogP contribution in [0.2, 0.25) is 5.02 Å². The second kappa shape index (κ2) is 9.91. The second-order valence-electron chi connectivity index (χ2n) is 8.23. The molecule has 0 aliphatic rings. The lowest BCUT2D eigenvalue weighted by molar-refractivity contribution is 0.430. The van der Waals surface area contributed by atoms with Crippen molar-refractivity contribution in [1.82, 2.24) is 4.57 Å². The van der Waals surface area contributed by atoms with Crippen molar-refractivity contribution in [3.05, 3.63) is 95.5 Å².